The third-order valence-electron chi connectivity index (χ3n) is 6.22. The Bertz CT molecular complexity index is 1720. The Balaban J connectivity index is 1.78. The van der Waals surface area contributed by atoms with Crippen molar-refractivity contribution in [2.45, 2.75) is 0 Å². The van der Waals surface area contributed by atoms with Crippen LogP contribution in [0.4, 0.5) is 0 Å². The number of thiophene rings is 1. The Kier molecular flexibility index (Phi) is 2.97. The zero-order valence-corrected chi connectivity index (χ0v) is 16.5. The Hall–Kier alpha value is -3.42. The van der Waals surface area contributed by atoms with Crippen LogP contribution in [0.25, 0.3) is 63.3 Å². The summed E-state index contributed by atoms with van der Waals surface area (Å²) in [5.74, 6) is 0. The molecular weight excluding hydrogens is 368 g/mol. The summed E-state index contributed by atoms with van der Waals surface area (Å²) in [4.78, 5) is 0. The van der Waals surface area contributed by atoms with E-state index in [1.807, 2.05) is 11.3 Å². The van der Waals surface area contributed by atoms with Crippen LogP contribution in [-0.2, 0) is 0 Å². The van der Waals surface area contributed by atoms with Crippen LogP contribution in [0.15, 0.2) is 97.1 Å². The lowest BCUT2D eigenvalue weighted by atomic mass is 9.91. The molecule has 0 bridgehead atoms. The lowest BCUT2D eigenvalue weighted by molar-refractivity contribution is 1.79. The van der Waals surface area contributed by atoms with Gasteiger partial charge >= 0.3 is 0 Å². The van der Waals surface area contributed by atoms with E-state index in [2.05, 4.69) is 97.1 Å². The maximum absolute atomic E-state index is 2.42. The third kappa shape index (κ3) is 2.03. The van der Waals surface area contributed by atoms with Gasteiger partial charge in [-0.2, -0.15) is 0 Å². The smallest absolute Gasteiger partial charge is 0.0362 e. The van der Waals surface area contributed by atoms with E-state index >= 15 is 0 Å². The molecule has 134 valence electrons. The van der Waals surface area contributed by atoms with Gasteiger partial charge in [0.1, 0.15) is 0 Å². The Labute approximate surface area is 171 Å². The fourth-order valence-electron chi connectivity index (χ4n) is 4.95. The monoisotopic (exact) mass is 384 g/mol. The van der Waals surface area contributed by atoms with Gasteiger partial charge in [-0.1, -0.05) is 78.9 Å². The largest absolute Gasteiger partial charge is 0.135 e. The number of rotatable bonds is 0. The predicted molar refractivity (Wildman–Crippen MR) is 129 cm³/mol. The van der Waals surface area contributed by atoms with E-state index in [0.29, 0.717) is 0 Å². The van der Waals surface area contributed by atoms with E-state index in [0.717, 1.165) is 0 Å². The SMILES string of the molecule is c1ccc2c(c1)sc1cc3c(ccc4c5ccccc5c5ccccc5c34)cc12. The molecule has 1 heteroatoms. The first kappa shape index (κ1) is 15.5. The van der Waals surface area contributed by atoms with Crippen molar-refractivity contribution >= 4 is 74.6 Å². The third-order valence-corrected chi connectivity index (χ3v) is 7.35. The Morgan fingerprint density at radius 2 is 0.966 bits per heavy atom. The van der Waals surface area contributed by atoms with Crippen LogP contribution in [0.1, 0.15) is 0 Å². The van der Waals surface area contributed by atoms with Crippen molar-refractivity contribution in [3.05, 3.63) is 97.1 Å². The molecule has 1 heterocycles. The normalized spacial score (nSPS) is 12.1. The Morgan fingerprint density at radius 1 is 0.379 bits per heavy atom. The zero-order valence-electron chi connectivity index (χ0n) is 15.6. The van der Waals surface area contributed by atoms with Crippen LogP contribution >= 0.6 is 11.3 Å². The van der Waals surface area contributed by atoms with Crippen molar-refractivity contribution in [3.8, 4) is 0 Å². The van der Waals surface area contributed by atoms with Gasteiger partial charge in [-0.05, 0) is 61.3 Å². The zero-order chi connectivity index (χ0) is 18.9. The molecule has 0 nitrogen and oxygen atoms in total. The first-order chi connectivity index (χ1) is 14.4. The summed E-state index contributed by atoms with van der Waals surface area (Å²) in [7, 11) is 0. The van der Waals surface area contributed by atoms with Gasteiger partial charge in [0, 0.05) is 20.2 Å². The molecule has 7 rings (SSSR count). The van der Waals surface area contributed by atoms with E-state index in [1.165, 1.54) is 63.3 Å². The summed E-state index contributed by atoms with van der Waals surface area (Å²) < 4.78 is 2.72. The van der Waals surface area contributed by atoms with Crippen molar-refractivity contribution in [1.29, 1.82) is 0 Å². The van der Waals surface area contributed by atoms with E-state index in [-0.39, 0.29) is 0 Å². The molecule has 0 fully saturated rings. The van der Waals surface area contributed by atoms with Gasteiger partial charge < -0.3 is 0 Å². The molecule has 0 atom stereocenters. The summed E-state index contributed by atoms with van der Waals surface area (Å²) in [6.45, 7) is 0. The maximum atomic E-state index is 2.42. The van der Waals surface area contributed by atoms with Gasteiger partial charge in [0.25, 0.3) is 0 Å². The van der Waals surface area contributed by atoms with Crippen molar-refractivity contribution in [2.24, 2.45) is 0 Å². The van der Waals surface area contributed by atoms with Gasteiger partial charge in [0.05, 0.1) is 0 Å². The van der Waals surface area contributed by atoms with Crippen LogP contribution in [-0.4, -0.2) is 0 Å². The number of benzene rings is 6. The summed E-state index contributed by atoms with van der Waals surface area (Å²) in [6, 6.07) is 35.8. The minimum Gasteiger partial charge on any atom is -0.135 e. The summed E-state index contributed by atoms with van der Waals surface area (Å²) in [6.07, 6.45) is 0. The highest BCUT2D eigenvalue weighted by Crippen LogP contribution is 2.42. The highest BCUT2D eigenvalue weighted by Gasteiger charge is 2.13. The number of fused-ring (bicyclic) bond motifs is 11. The maximum Gasteiger partial charge on any atom is 0.0362 e. The van der Waals surface area contributed by atoms with Crippen molar-refractivity contribution in [3.63, 3.8) is 0 Å². The van der Waals surface area contributed by atoms with Gasteiger partial charge in [-0.25, -0.2) is 0 Å². The van der Waals surface area contributed by atoms with Crippen molar-refractivity contribution in [1.82, 2.24) is 0 Å². The molecule has 6 aromatic carbocycles. The molecule has 0 saturated heterocycles. The molecular formula is C28H16S. The van der Waals surface area contributed by atoms with Crippen LogP contribution in [0, 0.1) is 0 Å². The highest BCUT2D eigenvalue weighted by molar-refractivity contribution is 7.25. The molecule has 0 radical (unpaired) electrons. The van der Waals surface area contributed by atoms with E-state index in [1.54, 1.807) is 0 Å². The molecule has 0 aliphatic heterocycles. The van der Waals surface area contributed by atoms with Crippen molar-refractivity contribution < 1.29 is 0 Å². The van der Waals surface area contributed by atoms with Crippen LogP contribution < -0.4 is 0 Å². The molecule has 0 amide bonds. The molecule has 0 spiro atoms. The average Bonchev–Trinajstić information content (AvgIpc) is 3.15. The van der Waals surface area contributed by atoms with Crippen LogP contribution in [0.3, 0.4) is 0 Å². The average molecular weight is 385 g/mol. The number of hydrogen-bond donors (Lipinski definition) is 0. The first-order valence-corrected chi connectivity index (χ1v) is 10.8. The van der Waals surface area contributed by atoms with Gasteiger partial charge in [-0.15, -0.1) is 11.3 Å². The van der Waals surface area contributed by atoms with Crippen molar-refractivity contribution in [2.75, 3.05) is 0 Å². The molecule has 0 unspecified atom stereocenters. The molecule has 0 N–H and O–H groups in total. The van der Waals surface area contributed by atoms with Crippen LogP contribution in [0.5, 0.6) is 0 Å². The van der Waals surface area contributed by atoms with Gasteiger partial charge in [0.2, 0.25) is 0 Å². The molecule has 29 heavy (non-hydrogen) atoms. The minimum atomic E-state index is 1.31. The van der Waals surface area contributed by atoms with Crippen LogP contribution in [0.2, 0.25) is 0 Å². The summed E-state index contributed by atoms with van der Waals surface area (Å²) in [5, 5.41) is 13.4. The second kappa shape index (κ2) is 5.56. The summed E-state index contributed by atoms with van der Waals surface area (Å²) in [5.41, 5.74) is 0. The molecule has 0 aliphatic carbocycles. The topological polar surface area (TPSA) is 0 Å². The second-order valence-corrected chi connectivity index (χ2v) is 8.83. The fourth-order valence-corrected chi connectivity index (χ4v) is 6.07. The lowest BCUT2D eigenvalue weighted by Crippen LogP contribution is -1.85. The van der Waals surface area contributed by atoms with E-state index in [9.17, 15) is 0 Å². The molecule has 0 aliphatic rings. The summed E-state index contributed by atoms with van der Waals surface area (Å²) >= 11 is 1.89. The quantitative estimate of drug-likeness (QED) is 0.229. The fraction of sp³-hybridized carbons (Fsp3) is 0. The predicted octanol–water partition coefficient (Wildman–Crippen LogP) is 8.67. The molecule has 0 saturated carbocycles. The number of hydrogen-bond acceptors (Lipinski definition) is 1. The van der Waals surface area contributed by atoms with Gasteiger partial charge in [-0.3, -0.25) is 0 Å². The first-order valence-electron chi connectivity index (χ1n) is 9.96. The minimum absolute atomic E-state index is 1.31. The standard InChI is InChI=1S/C28H16S/c1-2-9-20-18(7-1)19-8-3-4-11-22(19)28-23(20)14-13-17-15-25-21-10-5-6-12-26(21)29-27(25)16-24(17)28/h1-16H. The molecule has 7 aromatic rings. The van der Waals surface area contributed by atoms with E-state index < -0.39 is 0 Å². The van der Waals surface area contributed by atoms with Gasteiger partial charge in [0.15, 0.2) is 0 Å². The lowest BCUT2D eigenvalue weighted by Gasteiger charge is -2.13. The second-order valence-electron chi connectivity index (χ2n) is 7.75. The highest BCUT2D eigenvalue weighted by atomic mass is 32.1. The molecule has 1 aromatic heterocycles. The van der Waals surface area contributed by atoms with E-state index in [4.69, 9.17) is 0 Å². The Morgan fingerprint density at radius 3 is 1.72 bits per heavy atom.